The first-order valence-corrected chi connectivity index (χ1v) is 8.80. The van der Waals surface area contributed by atoms with Crippen molar-refractivity contribution in [2.24, 2.45) is 0 Å². The number of carbonyl (C=O) groups is 1. The van der Waals surface area contributed by atoms with Crippen molar-refractivity contribution in [3.63, 3.8) is 0 Å². The van der Waals surface area contributed by atoms with Gasteiger partial charge >= 0.3 is 0 Å². The summed E-state index contributed by atoms with van der Waals surface area (Å²) in [6, 6.07) is 12.6. The van der Waals surface area contributed by atoms with Gasteiger partial charge in [-0.3, -0.25) is 9.59 Å². The highest BCUT2D eigenvalue weighted by Crippen LogP contribution is 2.32. The van der Waals surface area contributed by atoms with Crippen LogP contribution >= 0.6 is 15.9 Å². The number of rotatable bonds is 2. The zero-order chi connectivity index (χ0) is 17.6. The number of amides is 1. The van der Waals surface area contributed by atoms with Crippen molar-refractivity contribution in [2.45, 2.75) is 19.4 Å². The Hall–Kier alpha value is -2.60. The van der Waals surface area contributed by atoms with E-state index in [4.69, 9.17) is 0 Å². The molecule has 2 N–H and O–H groups in total. The fraction of sp³-hybridized carbons (Fsp3) is 0.158. The maximum atomic E-state index is 12.9. The second-order valence-electron chi connectivity index (χ2n) is 6.06. The van der Waals surface area contributed by atoms with E-state index in [0.717, 1.165) is 28.4 Å². The monoisotopic (exact) mass is 398 g/mol. The summed E-state index contributed by atoms with van der Waals surface area (Å²) in [6.45, 7) is 0.545. The van der Waals surface area contributed by atoms with Crippen LogP contribution in [-0.2, 0) is 13.0 Å². The Bertz CT molecular complexity index is 1070. The number of carbonyl (C=O) groups excluding carboxylic acids is 1. The lowest BCUT2D eigenvalue weighted by Gasteiger charge is -2.21. The van der Waals surface area contributed by atoms with E-state index >= 15 is 0 Å². The van der Waals surface area contributed by atoms with E-state index in [-0.39, 0.29) is 11.3 Å². The van der Waals surface area contributed by atoms with Gasteiger partial charge in [-0.1, -0.05) is 34.1 Å². The molecule has 3 aromatic rings. The molecular weight excluding hydrogens is 384 g/mol. The molecule has 0 saturated carbocycles. The van der Waals surface area contributed by atoms with Crippen LogP contribution in [-0.4, -0.2) is 15.6 Å². The van der Waals surface area contributed by atoms with Crippen LogP contribution in [0.4, 0.5) is 5.69 Å². The zero-order valence-corrected chi connectivity index (χ0v) is 14.8. The van der Waals surface area contributed by atoms with Crippen molar-refractivity contribution >= 4 is 38.4 Å². The summed E-state index contributed by atoms with van der Waals surface area (Å²) in [4.78, 5) is 25.5. The number of hydrogen-bond acceptors (Lipinski definition) is 3. The summed E-state index contributed by atoms with van der Waals surface area (Å²) < 4.78 is 2.41. The molecule has 0 fully saturated rings. The third kappa shape index (κ3) is 2.62. The Morgan fingerprint density at radius 2 is 2.00 bits per heavy atom. The van der Waals surface area contributed by atoms with E-state index in [1.807, 2.05) is 18.2 Å². The zero-order valence-electron chi connectivity index (χ0n) is 13.3. The van der Waals surface area contributed by atoms with Gasteiger partial charge in [-0.2, -0.15) is 0 Å². The first-order chi connectivity index (χ1) is 12.1. The Balaban J connectivity index is 1.88. The average molecular weight is 399 g/mol. The molecule has 0 saturated heterocycles. The van der Waals surface area contributed by atoms with Crippen molar-refractivity contribution in [1.82, 2.24) is 4.57 Å². The number of aromatic hydroxyl groups is 1. The SMILES string of the molecule is O=C(Nc1cccc(Br)c1)c1c(O)c2cccc3c2n(c1=O)CCC3. The molecule has 0 radical (unpaired) electrons. The number of aromatic nitrogens is 1. The lowest BCUT2D eigenvalue weighted by atomic mass is 9.99. The molecule has 2 heterocycles. The fourth-order valence-corrected chi connectivity index (χ4v) is 3.78. The number of pyridine rings is 1. The Morgan fingerprint density at radius 3 is 2.80 bits per heavy atom. The molecule has 2 aromatic carbocycles. The first-order valence-electron chi connectivity index (χ1n) is 8.00. The molecule has 4 rings (SSSR count). The van der Waals surface area contributed by atoms with Crippen molar-refractivity contribution in [3.05, 3.63) is 68.4 Å². The smallest absolute Gasteiger partial charge is 0.267 e. The second kappa shape index (κ2) is 6.04. The van der Waals surface area contributed by atoms with Crippen LogP contribution in [0.2, 0.25) is 0 Å². The normalized spacial score (nSPS) is 13.0. The van der Waals surface area contributed by atoms with E-state index in [9.17, 15) is 14.7 Å². The fourth-order valence-electron chi connectivity index (χ4n) is 3.38. The van der Waals surface area contributed by atoms with Gasteiger partial charge in [0, 0.05) is 22.1 Å². The Morgan fingerprint density at radius 1 is 1.20 bits per heavy atom. The molecule has 0 bridgehead atoms. The number of para-hydroxylation sites is 1. The highest BCUT2D eigenvalue weighted by molar-refractivity contribution is 9.10. The molecule has 1 amide bonds. The van der Waals surface area contributed by atoms with Gasteiger partial charge in [0.2, 0.25) is 0 Å². The molecule has 126 valence electrons. The van der Waals surface area contributed by atoms with Gasteiger partial charge in [0.1, 0.15) is 11.3 Å². The minimum absolute atomic E-state index is 0.216. The highest BCUT2D eigenvalue weighted by Gasteiger charge is 2.25. The molecule has 0 atom stereocenters. The number of halogens is 1. The predicted octanol–water partition coefficient (Wildman–Crippen LogP) is 3.67. The van der Waals surface area contributed by atoms with Gasteiger partial charge in [0.15, 0.2) is 0 Å². The topological polar surface area (TPSA) is 71.3 Å². The maximum Gasteiger partial charge on any atom is 0.267 e. The third-order valence-corrected chi connectivity index (χ3v) is 4.97. The van der Waals surface area contributed by atoms with Crippen molar-refractivity contribution in [2.75, 3.05) is 5.32 Å². The minimum Gasteiger partial charge on any atom is -0.506 e. The van der Waals surface area contributed by atoms with Crippen molar-refractivity contribution in [1.29, 1.82) is 0 Å². The van der Waals surface area contributed by atoms with Crippen LogP contribution in [0.3, 0.4) is 0 Å². The molecule has 25 heavy (non-hydrogen) atoms. The summed E-state index contributed by atoms with van der Waals surface area (Å²) in [7, 11) is 0. The van der Waals surface area contributed by atoms with Crippen LogP contribution in [0.15, 0.2) is 51.7 Å². The van der Waals surface area contributed by atoms with E-state index in [1.165, 1.54) is 0 Å². The average Bonchev–Trinajstić information content (AvgIpc) is 2.59. The summed E-state index contributed by atoms with van der Waals surface area (Å²) in [5.41, 5.74) is 1.63. The number of nitrogens with one attached hydrogen (secondary N) is 1. The molecule has 1 aliphatic heterocycles. The van der Waals surface area contributed by atoms with Gasteiger partial charge in [-0.05, 0) is 42.7 Å². The van der Waals surface area contributed by atoms with E-state index in [2.05, 4.69) is 21.2 Å². The minimum atomic E-state index is -0.609. The van der Waals surface area contributed by atoms with E-state index in [1.54, 1.807) is 28.8 Å². The lowest BCUT2D eigenvalue weighted by Crippen LogP contribution is -2.31. The van der Waals surface area contributed by atoms with E-state index < -0.39 is 11.5 Å². The van der Waals surface area contributed by atoms with Crippen LogP contribution < -0.4 is 10.9 Å². The standard InChI is InChI=1S/C19H15BrN2O3/c20-12-6-2-7-13(10-12)21-18(24)15-17(23)14-8-1-4-11-5-3-9-22(16(11)14)19(15)25/h1-2,4,6-8,10,23H,3,5,9H2,(H,21,24). The molecule has 5 nitrogen and oxygen atoms in total. The van der Waals surface area contributed by atoms with Gasteiger partial charge < -0.3 is 15.0 Å². The number of aryl methyl sites for hydroxylation is 2. The second-order valence-corrected chi connectivity index (χ2v) is 6.98. The molecule has 1 aromatic heterocycles. The molecular formula is C19H15BrN2O3. The van der Waals surface area contributed by atoms with Crippen LogP contribution in [0.5, 0.6) is 5.75 Å². The molecule has 0 aliphatic carbocycles. The molecule has 0 unspecified atom stereocenters. The number of benzene rings is 2. The van der Waals surface area contributed by atoms with Crippen LogP contribution in [0, 0.1) is 0 Å². The number of hydrogen-bond donors (Lipinski definition) is 2. The van der Waals surface area contributed by atoms with Crippen LogP contribution in [0.25, 0.3) is 10.9 Å². The summed E-state index contributed by atoms with van der Waals surface area (Å²) in [5, 5.41) is 13.8. The van der Waals surface area contributed by atoms with Gasteiger partial charge in [-0.15, -0.1) is 0 Å². The maximum absolute atomic E-state index is 12.9. The largest absolute Gasteiger partial charge is 0.506 e. The number of nitrogens with zero attached hydrogens (tertiary/aromatic N) is 1. The highest BCUT2D eigenvalue weighted by atomic mass is 79.9. The Labute approximate surface area is 152 Å². The van der Waals surface area contributed by atoms with Gasteiger partial charge in [-0.25, -0.2) is 0 Å². The van der Waals surface area contributed by atoms with Crippen LogP contribution in [0.1, 0.15) is 22.3 Å². The molecule has 1 aliphatic rings. The summed E-state index contributed by atoms with van der Waals surface area (Å²) >= 11 is 3.34. The summed E-state index contributed by atoms with van der Waals surface area (Å²) in [5.74, 6) is -0.866. The van der Waals surface area contributed by atoms with Crippen molar-refractivity contribution < 1.29 is 9.90 Å². The number of anilines is 1. The van der Waals surface area contributed by atoms with Crippen molar-refractivity contribution in [3.8, 4) is 5.75 Å². The van der Waals surface area contributed by atoms with Gasteiger partial charge in [0.05, 0.1) is 5.52 Å². The first kappa shape index (κ1) is 15.9. The predicted molar refractivity (Wildman–Crippen MR) is 100 cm³/mol. The van der Waals surface area contributed by atoms with Gasteiger partial charge in [0.25, 0.3) is 11.5 Å². The Kier molecular flexibility index (Phi) is 3.84. The van der Waals surface area contributed by atoms with E-state index in [0.29, 0.717) is 17.6 Å². The quantitative estimate of drug-likeness (QED) is 0.691. The summed E-state index contributed by atoms with van der Waals surface area (Å²) in [6.07, 6.45) is 1.70. The molecule has 6 heteroatoms. The molecule has 0 spiro atoms. The lowest BCUT2D eigenvalue weighted by molar-refractivity contribution is 0.102. The third-order valence-electron chi connectivity index (χ3n) is 4.48.